The summed E-state index contributed by atoms with van der Waals surface area (Å²) in [4.78, 5) is 28.0. The number of Topliss-reactive ketones (excluding diaryl/α,β-unsaturated/α-hetero) is 1. The van der Waals surface area contributed by atoms with E-state index in [-0.39, 0.29) is 21.5 Å². The average molecular weight is 593 g/mol. The molecule has 0 aliphatic carbocycles. The Morgan fingerprint density at radius 3 is 2.49 bits per heavy atom. The minimum absolute atomic E-state index is 0.0136. The van der Waals surface area contributed by atoms with Crippen LogP contribution in [0.2, 0.25) is 15.1 Å². The van der Waals surface area contributed by atoms with Gasteiger partial charge in [0.15, 0.2) is 15.9 Å². The molecule has 5 rings (SSSR count). The number of anilines is 1. The van der Waals surface area contributed by atoms with Crippen molar-refractivity contribution in [3.05, 3.63) is 104 Å². The molecule has 1 N–H and O–H groups in total. The van der Waals surface area contributed by atoms with E-state index >= 15 is 0 Å². The molecule has 1 aliphatic heterocycles. The average Bonchev–Trinajstić information content (AvgIpc) is 3.57. The number of aryl methyl sites for hydroxylation is 1. The van der Waals surface area contributed by atoms with Crippen LogP contribution in [0, 0.1) is 6.92 Å². The first-order chi connectivity index (χ1) is 17.7. The number of nitrogens with zero attached hydrogens (tertiary/aromatic N) is 3. The highest BCUT2D eigenvalue weighted by Gasteiger charge is 2.47. The van der Waals surface area contributed by atoms with E-state index in [9.17, 15) is 14.7 Å². The van der Waals surface area contributed by atoms with Crippen LogP contribution in [0.25, 0.3) is 0 Å². The maximum absolute atomic E-state index is 13.4. The lowest BCUT2D eigenvalue weighted by Crippen LogP contribution is -2.31. The number of thioether (sulfide) groups is 1. The van der Waals surface area contributed by atoms with E-state index in [4.69, 9.17) is 39.2 Å². The number of aliphatic hydroxyl groups excluding tert-OH is 1. The number of carbonyl (C=O) groups excluding carboxylic acids is 2. The number of ketones is 1. The van der Waals surface area contributed by atoms with Crippen LogP contribution in [-0.4, -0.2) is 27.0 Å². The second-order valence-corrected chi connectivity index (χ2v) is 11.5. The van der Waals surface area contributed by atoms with Crippen molar-refractivity contribution in [2.45, 2.75) is 23.1 Å². The predicted octanol–water partition coefficient (Wildman–Crippen LogP) is 7.47. The van der Waals surface area contributed by atoms with Gasteiger partial charge in [-0.3, -0.25) is 14.5 Å². The van der Waals surface area contributed by atoms with Crippen LogP contribution in [0.15, 0.2) is 74.7 Å². The number of amides is 1. The molecule has 0 spiro atoms. The van der Waals surface area contributed by atoms with Gasteiger partial charge in [-0.15, -0.1) is 10.2 Å². The number of carbonyl (C=O) groups is 2. The normalized spacial score (nSPS) is 15.6. The quantitative estimate of drug-likeness (QED) is 0.135. The van der Waals surface area contributed by atoms with E-state index in [1.807, 2.05) is 12.1 Å². The van der Waals surface area contributed by atoms with Crippen molar-refractivity contribution in [3.63, 3.8) is 0 Å². The van der Waals surface area contributed by atoms with Gasteiger partial charge in [-0.25, -0.2) is 0 Å². The number of halogens is 3. The number of rotatable bonds is 7. The molecule has 2 aromatic carbocycles. The van der Waals surface area contributed by atoms with Gasteiger partial charge in [-0.1, -0.05) is 76.1 Å². The molecule has 0 bridgehead atoms. The Kier molecular flexibility index (Phi) is 7.33. The standard InChI is InChI=1S/C25H16Cl3N3O4S2/c1-12-2-9-18(35-12)21(32)19-20(16-8-7-15(27)10-17(16)28)31(23(34)22(19)33)24-29-30-25(37-24)36-11-13-3-5-14(26)6-4-13/h2-10,20,33H,11H2,1H3. The molecule has 12 heteroatoms. The van der Waals surface area contributed by atoms with Crippen LogP contribution in [-0.2, 0) is 10.5 Å². The Morgan fingerprint density at radius 2 is 1.81 bits per heavy atom. The zero-order chi connectivity index (χ0) is 26.3. The maximum Gasteiger partial charge on any atom is 0.296 e. The highest BCUT2D eigenvalue weighted by Crippen LogP contribution is 2.46. The van der Waals surface area contributed by atoms with Gasteiger partial charge >= 0.3 is 0 Å². The van der Waals surface area contributed by atoms with E-state index in [2.05, 4.69) is 10.2 Å². The lowest BCUT2D eigenvalue weighted by atomic mass is 9.95. The molecule has 0 radical (unpaired) electrons. The summed E-state index contributed by atoms with van der Waals surface area (Å²) in [7, 11) is 0. The highest BCUT2D eigenvalue weighted by atomic mass is 35.5. The number of benzene rings is 2. The Balaban J connectivity index is 1.51. The fraction of sp³-hybridized carbons (Fsp3) is 0.120. The van der Waals surface area contributed by atoms with Crippen molar-refractivity contribution in [2.24, 2.45) is 0 Å². The summed E-state index contributed by atoms with van der Waals surface area (Å²) < 4.78 is 6.08. The van der Waals surface area contributed by atoms with Gasteiger partial charge in [0.25, 0.3) is 5.91 Å². The lowest BCUT2D eigenvalue weighted by Gasteiger charge is -2.24. The summed E-state index contributed by atoms with van der Waals surface area (Å²) in [5.41, 5.74) is 1.25. The summed E-state index contributed by atoms with van der Waals surface area (Å²) in [6.07, 6.45) is 0. The Labute approximate surface area is 234 Å². The number of aliphatic hydroxyl groups is 1. The Bertz CT molecular complexity index is 1550. The van der Waals surface area contributed by atoms with Crippen LogP contribution in [0.5, 0.6) is 0 Å². The molecule has 1 atom stereocenters. The van der Waals surface area contributed by atoms with Crippen molar-refractivity contribution < 1.29 is 19.1 Å². The molecular weight excluding hydrogens is 577 g/mol. The fourth-order valence-electron chi connectivity index (χ4n) is 3.83. The summed E-state index contributed by atoms with van der Waals surface area (Å²) >= 11 is 21.1. The van der Waals surface area contributed by atoms with Gasteiger partial charge in [0.1, 0.15) is 5.76 Å². The molecule has 0 saturated carbocycles. The van der Waals surface area contributed by atoms with Gasteiger partial charge in [-0.2, -0.15) is 0 Å². The van der Waals surface area contributed by atoms with Gasteiger partial charge in [0.2, 0.25) is 10.9 Å². The molecule has 3 heterocycles. The van der Waals surface area contributed by atoms with Crippen LogP contribution in [0.1, 0.15) is 33.5 Å². The third-order valence-electron chi connectivity index (χ3n) is 5.55. The first-order valence-electron chi connectivity index (χ1n) is 10.8. The number of hydrogen-bond donors (Lipinski definition) is 1. The number of hydrogen-bond acceptors (Lipinski definition) is 8. The van der Waals surface area contributed by atoms with E-state index in [1.165, 1.54) is 28.8 Å². The molecule has 1 aliphatic rings. The highest BCUT2D eigenvalue weighted by molar-refractivity contribution is 8.00. The minimum Gasteiger partial charge on any atom is -0.503 e. The molecule has 37 heavy (non-hydrogen) atoms. The molecule has 1 amide bonds. The molecular formula is C25H16Cl3N3O4S2. The van der Waals surface area contributed by atoms with Crippen LogP contribution >= 0.6 is 57.9 Å². The Hall–Kier alpha value is -2.82. The number of aromatic nitrogens is 2. The van der Waals surface area contributed by atoms with Gasteiger partial charge in [0, 0.05) is 20.8 Å². The minimum atomic E-state index is -1.07. The third kappa shape index (κ3) is 5.15. The largest absolute Gasteiger partial charge is 0.503 e. The third-order valence-corrected chi connectivity index (χ3v) is 8.49. The second kappa shape index (κ2) is 10.5. The van der Waals surface area contributed by atoms with Crippen LogP contribution in [0.4, 0.5) is 5.13 Å². The SMILES string of the molecule is Cc1ccc(C(=O)C2=C(O)C(=O)N(c3nnc(SCc4ccc(Cl)cc4)s3)C2c2ccc(Cl)cc2Cl)o1. The van der Waals surface area contributed by atoms with E-state index in [0.29, 0.717) is 31.5 Å². The predicted molar refractivity (Wildman–Crippen MR) is 145 cm³/mol. The smallest absolute Gasteiger partial charge is 0.296 e. The lowest BCUT2D eigenvalue weighted by molar-refractivity contribution is -0.117. The first-order valence-corrected chi connectivity index (χ1v) is 13.7. The zero-order valence-electron chi connectivity index (χ0n) is 18.9. The monoisotopic (exact) mass is 591 g/mol. The van der Waals surface area contributed by atoms with Crippen molar-refractivity contribution in [1.29, 1.82) is 0 Å². The molecule has 7 nitrogen and oxygen atoms in total. The van der Waals surface area contributed by atoms with Crippen molar-refractivity contribution in [2.75, 3.05) is 4.90 Å². The maximum atomic E-state index is 13.4. The summed E-state index contributed by atoms with van der Waals surface area (Å²) in [5.74, 6) is -1.04. The molecule has 188 valence electrons. The Morgan fingerprint density at radius 1 is 1.08 bits per heavy atom. The number of furan rings is 1. The molecule has 1 unspecified atom stereocenters. The summed E-state index contributed by atoms with van der Waals surface area (Å²) in [6, 6.07) is 14.2. The molecule has 2 aromatic heterocycles. The molecule has 4 aromatic rings. The first kappa shape index (κ1) is 25.8. The van der Waals surface area contributed by atoms with E-state index in [0.717, 1.165) is 16.9 Å². The molecule has 0 saturated heterocycles. The summed E-state index contributed by atoms with van der Waals surface area (Å²) in [6.45, 7) is 1.69. The van der Waals surface area contributed by atoms with Gasteiger partial charge < -0.3 is 9.52 Å². The van der Waals surface area contributed by atoms with Crippen LogP contribution < -0.4 is 4.90 Å². The zero-order valence-corrected chi connectivity index (χ0v) is 22.8. The second-order valence-electron chi connectivity index (χ2n) is 8.01. The van der Waals surface area contributed by atoms with Crippen molar-refractivity contribution in [1.82, 2.24) is 10.2 Å². The van der Waals surface area contributed by atoms with Crippen molar-refractivity contribution >= 4 is 74.7 Å². The van der Waals surface area contributed by atoms with E-state index in [1.54, 1.807) is 37.3 Å². The van der Waals surface area contributed by atoms with Crippen LogP contribution in [0.3, 0.4) is 0 Å². The molecule has 0 fully saturated rings. The topological polar surface area (TPSA) is 96.5 Å². The van der Waals surface area contributed by atoms with Gasteiger partial charge in [-0.05, 0) is 54.4 Å². The summed E-state index contributed by atoms with van der Waals surface area (Å²) in [5, 5.41) is 20.7. The van der Waals surface area contributed by atoms with E-state index < -0.39 is 23.5 Å². The van der Waals surface area contributed by atoms with Crippen molar-refractivity contribution in [3.8, 4) is 0 Å². The van der Waals surface area contributed by atoms with Gasteiger partial charge in [0.05, 0.1) is 11.6 Å². The fourth-order valence-corrected chi connectivity index (χ4v) is 6.29.